The van der Waals surface area contributed by atoms with Gasteiger partial charge in [0.2, 0.25) is 0 Å². The molecule has 0 amide bonds. The first-order valence-electron chi connectivity index (χ1n) is 5.88. The number of halogens is 1. The molecule has 0 spiro atoms. The molecular weight excluding hydrogens is 163 g/mol. The second kappa shape index (κ2) is 5.62. The van der Waals surface area contributed by atoms with Crippen LogP contribution in [0.25, 0.3) is 0 Å². The van der Waals surface area contributed by atoms with Gasteiger partial charge in [0.05, 0.1) is 0 Å². The van der Waals surface area contributed by atoms with E-state index in [1.807, 2.05) is 0 Å². The zero-order chi connectivity index (χ0) is 9.68. The van der Waals surface area contributed by atoms with E-state index in [0.717, 1.165) is 37.5 Å². The molecule has 0 aromatic carbocycles. The van der Waals surface area contributed by atoms with Crippen molar-refractivity contribution in [1.82, 2.24) is 0 Å². The summed E-state index contributed by atoms with van der Waals surface area (Å²) in [5.74, 6) is 1.64. The highest BCUT2D eigenvalue weighted by atomic mass is 19.1. The lowest BCUT2D eigenvalue weighted by atomic mass is 9.78. The highest BCUT2D eigenvalue weighted by Crippen LogP contribution is 2.33. The molecule has 1 heteroatoms. The fourth-order valence-electron chi connectivity index (χ4n) is 2.41. The number of hydrogen-bond donors (Lipinski definition) is 0. The van der Waals surface area contributed by atoms with E-state index in [-0.39, 0.29) is 0 Å². The zero-order valence-corrected chi connectivity index (χ0v) is 9.06. The molecule has 1 rings (SSSR count). The first-order valence-corrected chi connectivity index (χ1v) is 5.88. The third kappa shape index (κ3) is 3.66. The Bertz CT molecular complexity index is 125. The van der Waals surface area contributed by atoms with Crippen molar-refractivity contribution in [3.63, 3.8) is 0 Å². The van der Waals surface area contributed by atoms with Crippen LogP contribution in [-0.2, 0) is 0 Å². The topological polar surface area (TPSA) is 0 Å². The fourth-order valence-corrected chi connectivity index (χ4v) is 2.41. The number of rotatable bonds is 4. The third-order valence-corrected chi connectivity index (χ3v) is 3.52. The van der Waals surface area contributed by atoms with E-state index >= 15 is 0 Å². The van der Waals surface area contributed by atoms with Gasteiger partial charge < -0.3 is 0 Å². The van der Waals surface area contributed by atoms with Crippen LogP contribution < -0.4 is 0 Å². The minimum absolute atomic E-state index is 0.491. The van der Waals surface area contributed by atoms with E-state index in [2.05, 4.69) is 13.8 Å². The highest BCUT2D eigenvalue weighted by Gasteiger charge is 2.24. The van der Waals surface area contributed by atoms with Crippen molar-refractivity contribution < 1.29 is 4.39 Å². The van der Waals surface area contributed by atoms with Crippen molar-refractivity contribution in [1.29, 1.82) is 0 Å². The Morgan fingerprint density at radius 3 is 2.38 bits per heavy atom. The largest absolute Gasteiger partial charge is 0.247 e. The van der Waals surface area contributed by atoms with Crippen molar-refractivity contribution in [2.75, 3.05) is 0 Å². The maximum absolute atomic E-state index is 12.9. The molecule has 1 unspecified atom stereocenters. The van der Waals surface area contributed by atoms with Gasteiger partial charge in [0, 0.05) is 0 Å². The van der Waals surface area contributed by atoms with E-state index < -0.39 is 6.17 Å². The standard InChI is InChI=1S/C12H23F/c1-3-4-5-10(2)11-6-8-12(13)9-7-11/h10-12H,3-9H2,1-2H3. The van der Waals surface area contributed by atoms with Crippen LogP contribution in [0.2, 0.25) is 0 Å². The first-order chi connectivity index (χ1) is 6.24. The Morgan fingerprint density at radius 2 is 1.85 bits per heavy atom. The van der Waals surface area contributed by atoms with Gasteiger partial charge in [-0.05, 0) is 37.5 Å². The van der Waals surface area contributed by atoms with Gasteiger partial charge in [-0.3, -0.25) is 0 Å². The number of alkyl halides is 1. The Labute approximate surface area is 81.9 Å². The van der Waals surface area contributed by atoms with Crippen LogP contribution in [0, 0.1) is 11.8 Å². The Kier molecular flexibility index (Phi) is 4.76. The van der Waals surface area contributed by atoms with Gasteiger partial charge in [0.1, 0.15) is 6.17 Å². The third-order valence-electron chi connectivity index (χ3n) is 3.52. The molecule has 0 saturated heterocycles. The lowest BCUT2D eigenvalue weighted by molar-refractivity contribution is 0.167. The predicted molar refractivity (Wildman–Crippen MR) is 55.5 cm³/mol. The van der Waals surface area contributed by atoms with Crippen LogP contribution in [-0.4, -0.2) is 6.17 Å². The monoisotopic (exact) mass is 186 g/mol. The first kappa shape index (κ1) is 11.0. The summed E-state index contributed by atoms with van der Waals surface area (Å²) in [5, 5.41) is 0. The van der Waals surface area contributed by atoms with Gasteiger partial charge in [0.15, 0.2) is 0 Å². The molecule has 0 bridgehead atoms. The van der Waals surface area contributed by atoms with Gasteiger partial charge in [-0.2, -0.15) is 0 Å². The molecule has 0 radical (unpaired) electrons. The summed E-state index contributed by atoms with van der Waals surface area (Å²) in [7, 11) is 0. The molecule has 13 heavy (non-hydrogen) atoms. The van der Waals surface area contributed by atoms with Crippen LogP contribution in [0.5, 0.6) is 0 Å². The molecule has 1 aliphatic carbocycles. The summed E-state index contributed by atoms with van der Waals surface area (Å²) in [5.41, 5.74) is 0. The smallest absolute Gasteiger partial charge is 0.100 e. The van der Waals surface area contributed by atoms with Crippen molar-refractivity contribution in [3.8, 4) is 0 Å². The lowest BCUT2D eigenvalue weighted by Gasteiger charge is -2.29. The molecular formula is C12H23F. The minimum Gasteiger partial charge on any atom is -0.247 e. The van der Waals surface area contributed by atoms with E-state index in [9.17, 15) is 4.39 Å². The summed E-state index contributed by atoms with van der Waals surface area (Å²) < 4.78 is 12.9. The minimum atomic E-state index is -0.491. The fraction of sp³-hybridized carbons (Fsp3) is 1.00. The summed E-state index contributed by atoms with van der Waals surface area (Å²) >= 11 is 0. The highest BCUT2D eigenvalue weighted by molar-refractivity contribution is 4.75. The number of hydrogen-bond acceptors (Lipinski definition) is 0. The zero-order valence-electron chi connectivity index (χ0n) is 9.06. The second-order valence-electron chi connectivity index (χ2n) is 4.63. The maximum Gasteiger partial charge on any atom is 0.100 e. The van der Waals surface area contributed by atoms with E-state index in [1.165, 1.54) is 19.3 Å². The normalized spacial score (nSPS) is 31.6. The van der Waals surface area contributed by atoms with Crippen molar-refractivity contribution in [3.05, 3.63) is 0 Å². The van der Waals surface area contributed by atoms with Crippen LogP contribution in [0.15, 0.2) is 0 Å². The summed E-state index contributed by atoms with van der Waals surface area (Å²) in [6, 6.07) is 0. The SMILES string of the molecule is CCCCC(C)C1CCC(F)CC1. The second-order valence-corrected chi connectivity index (χ2v) is 4.63. The predicted octanol–water partition coefficient (Wildman–Crippen LogP) is 4.34. The molecule has 0 N–H and O–H groups in total. The van der Waals surface area contributed by atoms with Gasteiger partial charge in [0.25, 0.3) is 0 Å². The summed E-state index contributed by atoms with van der Waals surface area (Å²) in [6.07, 6.45) is 7.40. The van der Waals surface area contributed by atoms with E-state index in [1.54, 1.807) is 0 Å². The van der Waals surface area contributed by atoms with Crippen LogP contribution >= 0.6 is 0 Å². The van der Waals surface area contributed by atoms with Crippen LogP contribution in [0.3, 0.4) is 0 Å². The number of unbranched alkanes of at least 4 members (excludes halogenated alkanes) is 1. The molecule has 1 atom stereocenters. The van der Waals surface area contributed by atoms with Gasteiger partial charge >= 0.3 is 0 Å². The van der Waals surface area contributed by atoms with Crippen LogP contribution in [0.1, 0.15) is 58.8 Å². The average Bonchev–Trinajstić information content (AvgIpc) is 2.15. The van der Waals surface area contributed by atoms with E-state index in [0.29, 0.717) is 0 Å². The maximum atomic E-state index is 12.9. The average molecular weight is 186 g/mol. The molecule has 0 heterocycles. The Balaban J connectivity index is 2.19. The molecule has 0 nitrogen and oxygen atoms in total. The van der Waals surface area contributed by atoms with Crippen LogP contribution in [0.4, 0.5) is 4.39 Å². The molecule has 78 valence electrons. The Hall–Kier alpha value is -0.0700. The quantitative estimate of drug-likeness (QED) is 0.612. The molecule has 1 fully saturated rings. The molecule has 0 aromatic heterocycles. The molecule has 0 aromatic rings. The van der Waals surface area contributed by atoms with Crippen molar-refractivity contribution >= 4 is 0 Å². The Morgan fingerprint density at radius 1 is 1.23 bits per heavy atom. The summed E-state index contributed by atoms with van der Waals surface area (Å²) in [6.45, 7) is 4.59. The molecule has 1 saturated carbocycles. The van der Waals surface area contributed by atoms with Crippen molar-refractivity contribution in [2.24, 2.45) is 11.8 Å². The van der Waals surface area contributed by atoms with E-state index in [4.69, 9.17) is 0 Å². The van der Waals surface area contributed by atoms with Gasteiger partial charge in [-0.25, -0.2) is 4.39 Å². The lowest BCUT2D eigenvalue weighted by Crippen LogP contribution is -2.20. The molecule has 0 aliphatic heterocycles. The van der Waals surface area contributed by atoms with Gasteiger partial charge in [-0.15, -0.1) is 0 Å². The van der Waals surface area contributed by atoms with Crippen molar-refractivity contribution in [2.45, 2.75) is 65.0 Å². The molecule has 1 aliphatic rings. The van der Waals surface area contributed by atoms with Gasteiger partial charge in [-0.1, -0.05) is 33.1 Å². The summed E-state index contributed by atoms with van der Waals surface area (Å²) in [4.78, 5) is 0.